The molecule has 0 fully saturated rings. The van der Waals surface area contributed by atoms with Gasteiger partial charge in [0.05, 0.1) is 0 Å². The van der Waals surface area contributed by atoms with E-state index in [2.05, 4.69) is 16.8 Å². The molecule has 1 aliphatic rings. The van der Waals surface area contributed by atoms with Crippen LogP contribution in [0.3, 0.4) is 0 Å². The zero-order valence-corrected chi connectivity index (χ0v) is 2.56. The van der Waals surface area contributed by atoms with Gasteiger partial charge in [-0.2, -0.15) is 0 Å². The van der Waals surface area contributed by atoms with Crippen molar-refractivity contribution < 1.29 is 4.74 Å². The van der Waals surface area contributed by atoms with Crippen LogP contribution in [0.2, 0.25) is 0 Å². The monoisotopic (exact) mass is 69.0 g/mol. The van der Waals surface area contributed by atoms with Gasteiger partial charge in [-0.3, -0.25) is 0 Å². The Hall–Kier alpha value is -0.660. The summed E-state index contributed by atoms with van der Waals surface area (Å²) in [5, 5.41) is 2.57. The minimum absolute atomic E-state index is 1.51. The molecule has 2 nitrogen and oxygen atoms in total. The van der Waals surface area contributed by atoms with Crippen LogP contribution >= 0.6 is 0 Å². The van der Waals surface area contributed by atoms with E-state index in [1.54, 1.807) is 6.20 Å². The zero-order chi connectivity index (χ0) is 3.54. The van der Waals surface area contributed by atoms with Crippen molar-refractivity contribution in [2.24, 2.45) is 0 Å². The molecule has 1 rings (SSSR count). The minimum Gasteiger partial charge on any atom is -0.462 e. The lowest BCUT2D eigenvalue weighted by Crippen LogP contribution is -1.90. The van der Waals surface area contributed by atoms with E-state index in [1.165, 1.54) is 6.26 Å². The van der Waals surface area contributed by atoms with Gasteiger partial charge in [0.2, 0.25) is 0 Å². The molecule has 5 heavy (non-hydrogen) atoms. The van der Waals surface area contributed by atoms with Gasteiger partial charge in [-0.05, 0) is 0 Å². The van der Waals surface area contributed by atoms with Crippen LogP contribution in [0.15, 0.2) is 12.5 Å². The molecule has 0 aliphatic carbocycles. The summed E-state index contributed by atoms with van der Waals surface area (Å²) in [7, 11) is 0. The highest BCUT2D eigenvalue weighted by atomic mass is 16.5. The molecule has 0 spiro atoms. The molecule has 1 N–H and O–H groups in total. The molecule has 1 heterocycles. The maximum absolute atomic E-state index is 4.40. The highest BCUT2D eigenvalue weighted by Gasteiger charge is 1.84. The molecule has 0 atom stereocenters. The van der Waals surface area contributed by atoms with Crippen molar-refractivity contribution >= 4 is 0 Å². The predicted octanol–water partition coefficient (Wildman–Crippen LogP) is 0.0737. The van der Waals surface area contributed by atoms with Gasteiger partial charge in [0.25, 0.3) is 0 Å². The Bertz CT molecular complexity index is 44.9. The summed E-state index contributed by atoms with van der Waals surface area (Å²) in [4.78, 5) is 0. The van der Waals surface area contributed by atoms with E-state index in [1.807, 2.05) is 0 Å². The fourth-order valence-corrected chi connectivity index (χ4v) is 0.170. The molecule has 2 radical (unpaired) electrons. The average molecular weight is 69.1 g/mol. The molecular weight excluding hydrogens is 66.0 g/mol. The van der Waals surface area contributed by atoms with Gasteiger partial charge < -0.3 is 10.1 Å². The van der Waals surface area contributed by atoms with Crippen molar-refractivity contribution in [1.29, 1.82) is 0 Å². The van der Waals surface area contributed by atoms with Crippen molar-refractivity contribution in [3.8, 4) is 0 Å². The third-order valence-corrected chi connectivity index (χ3v) is 0.337. The van der Waals surface area contributed by atoms with Crippen LogP contribution in [-0.4, -0.2) is 0 Å². The van der Waals surface area contributed by atoms with Gasteiger partial charge in [-0.25, -0.2) is 0 Å². The average Bonchev–Trinajstić information content (AvgIpc) is 1.76. The van der Waals surface area contributed by atoms with E-state index >= 15 is 0 Å². The molecule has 0 aromatic carbocycles. The van der Waals surface area contributed by atoms with Gasteiger partial charge >= 0.3 is 6.73 Å². The van der Waals surface area contributed by atoms with Crippen LogP contribution < -0.4 is 5.32 Å². The van der Waals surface area contributed by atoms with E-state index in [4.69, 9.17) is 0 Å². The molecular formula is C3H3NO. The van der Waals surface area contributed by atoms with Crippen molar-refractivity contribution in [3.63, 3.8) is 0 Å². The second kappa shape index (κ2) is 0.971. The van der Waals surface area contributed by atoms with Crippen LogP contribution in [0.1, 0.15) is 0 Å². The first-order valence-electron chi connectivity index (χ1n) is 1.31. The highest BCUT2D eigenvalue weighted by Crippen LogP contribution is 1.84. The first-order chi connectivity index (χ1) is 2.50. The summed E-state index contributed by atoms with van der Waals surface area (Å²) < 4.78 is 4.40. The maximum atomic E-state index is 4.40. The molecule has 0 saturated carbocycles. The second-order valence-corrected chi connectivity index (χ2v) is 0.667. The maximum Gasteiger partial charge on any atom is 0.311 e. The molecule has 0 amide bonds. The quantitative estimate of drug-likeness (QED) is 0.434. The van der Waals surface area contributed by atoms with E-state index in [0.29, 0.717) is 0 Å². The van der Waals surface area contributed by atoms with Crippen molar-refractivity contribution in [1.82, 2.24) is 5.32 Å². The summed E-state index contributed by atoms with van der Waals surface area (Å²) in [5.74, 6) is 0. The standard InChI is InChI=1S/C3H3NO/c1-2-5-3-4-1/h1-2,4H. The summed E-state index contributed by atoms with van der Waals surface area (Å²) in [6, 6.07) is 0. The Labute approximate surface area is 30.4 Å². The van der Waals surface area contributed by atoms with Crippen molar-refractivity contribution in [3.05, 3.63) is 19.2 Å². The number of hydrogen-bond acceptors (Lipinski definition) is 2. The van der Waals surface area contributed by atoms with Gasteiger partial charge in [0.15, 0.2) is 0 Å². The normalized spacial score (nSPS) is 17.6. The number of nitrogens with one attached hydrogen (secondary N) is 1. The Kier molecular flexibility index (Phi) is 0.499. The van der Waals surface area contributed by atoms with E-state index in [9.17, 15) is 0 Å². The molecule has 0 saturated heterocycles. The third kappa shape index (κ3) is 0.318. The zero-order valence-electron chi connectivity index (χ0n) is 2.56. The van der Waals surface area contributed by atoms with Gasteiger partial charge in [-0.15, -0.1) is 0 Å². The van der Waals surface area contributed by atoms with Gasteiger partial charge in [0, 0.05) is 6.20 Å². The first-order valence-corrected chi connectivity index (χ1v) is 1.31. The van der Waals surface area contributed by atoms with Crippen LogP contribution in [0.5, 0.6) is 0 Å². The van der Waals surface area contributed by atoms with Crippen LogP contribution in [0, 0.1) is 6.73 Å². The molecule has 0 aromatic rings. The summed E-state index contributed by atoms with van der Waals surface area (Å²) >= 11 is 0. The molecule has 0 aromatic heterocycles. The molecule has 1 aliphatic heterocycles. The molecule has 26 valence electrons. The molecule has 0 unspecified atom stereocenters. The molecule has 2 heteroatoms. The number of ether oxygens (including phenoxy) is 1. The summed E-state index contributed by atoms with van der Waals surface area (Å²) in [6.07, 6.45) is 3.17. The lowest BCUT2D eigenvalue weighted by atomic mass is 11.0. The van der Waals surface area contributed by atoms with E-state index < -0.39 is 0 Å². The van der Waals surface area contributed by atoms with Gasteiger partial charge in [0.1, 0.15) is 6.26 Å². The van der Waals surface area contributed by atoms with Crippen molar-refractivity contribution in [2.75, 3.05) is 0 Å². The van der Waals surface area contributed by atoms with Crippen LogP contribution in [0.4, 0.5) is 0 Å². The van der Waals surface area contributed by atoms with E-state index in [0.717, 1.165) is 0 Å². The Morgan fingerprint density at radius 3 is 3.00 bits per heavy atom. The SMILES string of the molecule is [C]1NC=CO1. The largest absolute Gasteiger partial charge is 0.462 e. The number of hydrogen-bond donors (Lipinski definition) is 1. The smallest absolute Gasteiger partial charge is 0.311 e. The fraction of sp³-hybridized carbons (Fsp3) is 0. The van der Waals surface area contributed by atoms with E-state index in [-0.39, 0.29) is 0 Å². The highest BCUT2D eigenvalue weighted by molar-refractivity contribution is 4.79. The number of rotatable bonds is 0. The first kappa shape index (κ1) is 2.57. The minimum atomic E-state index is 1.51. The lowest BCUT2D eigenvalue weighted by Gasteiger charge is -1.76. The Morgan fingerprint density at radius 2 is 2.80 bits per heavy atom. The summed E-state index contributed by atoms with van der Waals surface area (Å²) in [6.45, 7) is 2.36. The third-order valence-electron chi connectivity index (χ3n) is 0.337. The van der Waals surface area contributed by atoms with Crippen LogP contribution in [-0.2, 0) is 4.74 Å². The predicted molar refractivity (Wildman–Crippen MR) is 16.6 cm³/mol. The summed E-state index contributed by atoms with van der Waals surface area (Å²) in [5.41, 5.74) is 0. The lowest BCUT2D eigenvalue weighted by molar-refractivity contribution is 0.345. The Morgan fingerprint density at radius 1 is 1.80 bits per heavy atom. The topological polar surface area (TPSA) is 21.3 Å². The molecule has 0 bridgehead atoms. The van der Waals surface area contributed by atoms with Crippen molar-refractivity contribution in [2.45, 2.75) is 0 Å². The Balaban J connectivity index is 2.32. The fourth-order valence-electron chi connectivity index (χ4n) is 0.170. The second-order valence-electron chi connectivity index (χ2n) is 0.667. The van der Waals surface area contributed by atoms with Gasteiger partial charge in [-0.1, -0.05) is 0 Å². The van der Waals surface area contributed by atoms with Crippen LogP contribution in [0.25, 0.3) is 0 Å².